The number of carbonyl (C=O) groups excluding carboxylic acids is 1. The van der Waals surface area contributed by atoms with Gasteiger partial charge in [-0.1, -0.05) is 23.5 Å². The highest BCUT2D eigenvalue weighted by molar-refractivity contribution is 7.21. The normalized spacial score (nSPS) is 16.6. The maximum absolute atomic E-state index is 12.8. The molecule has 0 saturated carbocycles. The first-order valence-corrected chi connectivity index (χ1v) is 10.5. The van der Waals surface area contributed by atoms with E-state index < -0.39 is 0 Å². The van der Waals surface area contributed by atoms with Gasteiger partial charge < -0.3 is 19.7 Å². The second-order valence-corrected chi connectivity index (χ2v) is 7.94. The predicted octanol–water partition coefficient (Wildman–Crippen LogP) is 3.24. The number of rotatable bonds is 6. The lowest BCUT2D eigenvalue weighted by atomic mass is 9.97. The predicted molar refractivity (Wildman–Crippen MR) is 114 cm³/mol. The number of fused-ring (bicyclic) bond motifs is 1. The van der Waals surface area contributed by atoms with Crippen molar-refractivity contribution in [3.05, 3.63) is 42.1 Å². The molecule has 3 aromatic rings. The second kappa shape index (κ2) is 8.65. The summed E-state index contributed by atoms with van der Waals surface area (Å²) in [4.78, 5) is 25.0. The second-order valence-electron chi connectivity index (χ2n) is 6.98. The summed E-state index contributed by atoms with van der Waals surface area (Å²) in [5.74, 6) is 1.30. The van der Waals surface area contributed by atoms with Gasteiger partial charge in [0.1, 0.15) is 10.3 Å². The van der Waals surface area contributed by atoms with E-state index in [0.29, 0.717) is 24.6 Å². The Balaban J connectivity index is 1.41. The monoisotopic (exact) mass is 412 g/mol. The van der Waals surface area contributed by atoms with E-state index in [1.807, 2.05) is 30.3 Å². The van der Waals surface area contributed by atoms with Crippen LogP contribution in [0, 0.1) is 5.92 Å². The minimum Gasteiger partial charge on any atom is -0.493 e. The zero-order chi connectivity index (χ0) is 20.2. The average Bonchev–Trinajstić information content (AvgIpc) is 3.21. The summed E-state index contributed by atoms with van der Waals surface area (Å²) in [6, 6.07) is 9.54. The molecule has 8 heteroatoms. The van der Waals surface area contributed by atoms with Gasteiger partial charge in [0.15, 0.2) is 16.6 Å². The Morgan fingerprint density at radius 2 is 2.17 bits per heavy atom. The fourth-order valence-corrected chi connectivity index (χ4v) is 4.62. The molecular weight excluding hydrogens is 388 g/mol. The average molecular weight is 413 g/mol. The highest BCUT2D eigenvalue weighted by atomic mass is 32.1. The summed E-state index contributed by atoms with van der Waals surface area (Å²) >= 11 is 1.58. The Bertz CT molecular complexity index is 974. The van der Waals surface area contributed by atoms with Crippen LogP contribution < -0.4 is 19.7 Å². The van der Waals surface area contributed by atoms with Gasteiger partial charge in [-0.05, 0) is 31.0 Å². The number of nitrogens with one attached hydrogen (secondary N) is 1. The van der Waals surface area contributed by atoms with Gasteiger partial charge in [0, 0.05) is 31.4 Å². The molecule has 29 heavy (non-hydrogen) atoms. The third-order valence-corrected chi connectivity index (χ3v) is 6.20. The molecule has 0 aliphatic carbocycles. The van der Waals surface area contributed by atoms with Gasteiger partial charge >= 0.3 is 0 Å². The summed E-state index contributed by atoms with van der Waals surface area (Å²) in [6.07, 6.45) is 3.62. The van der Waals surface area contributed by atoms with Gasteiger partial charge in [-0.2, -0.15) is 0 Å². The quantitative estimate of drug-likeness (QED) is 0.670. The molecule has 1 N–H and O–H groups in total. The standard InChI is InChI=1S/C21H24N4O3S/c1-27-17-9-3-6-14(18(17)28-2)12-23-19(26)15-7-5-11-25(13-15)21-24-16-8-4-10-22-20(16)29-21/h3-4,6,8-10,15H,5,7,11-13H2,1-2H3,(H,23,26)/t15-/m1/s1. The topological polar surface area (TPSA) is 76.6 Å². The fraction of sp³-hybridized carbons (Fsp3) is 0.381. The molecule has 1 aliphatic heterocycles. The smallest absolute Gasteiger partial charge is 0.225 e. The van der Waals surface area contributed by atoms with Crippen molar-refractivity contribution in [3.63, 3.8) is 0 Å². The maximum atomic E-state index is 12.8. The first-order chi connectivity index (χ1) is 14.2. The third-order valence-electron chi connectivity index (χ3n) is 5.16. The van der Waals surface area contributed by atoms with Crippen LogP contribution in [0.2, 0.25) is 0 Å². The molecule has 0 radical (unpaired) electrons. The third kappa shape index (κ3) is 4.12. The van der Waals surface area contributed by atoms with Crippen LogP contribution in [-0.4, -0.2) is 43.2 Å². The number of para-hydroxylation sites is 1. The van der Waals surface area contributed by atoms with Gasteiger partial charge in [-0.3, -0.25) is 4.79 Å². The van der Waals surface area contributed by atoms with E-state index in [0.717, 1.165) is 40.4 Å². The molecule has 0 bridgehead atoms. The maximum Gasteiger partial charge on any atom is 0.225 e. The van der Waals surface area contributed by atoms with Gasteiger partial charge in [-0.25, -0.2) is 9.97 Å². The van der Waals surface area contributed by atoms with Crippen molar-refractivity contribution in [2.24, 2.45) is 5.92 Å². The molecule has 1 atom stereocenters. The zero-order valence-electron chi connectivity index (χ0n) is 16.6. The fourth-order valence-electron chi connectivity index (χ4n) is 3.68. The van der Waals surface area contributed by atoms with E-state index >= 15 is 0 Å². The molecule has 1 saturated heterocycles. The van der Waals surface area contributed by atoms with Crippen molar-refractivity contribution >= 4 is 32.7 Å². The Labute approximate surface area is 173 Å². The summed E-state index contributed by atoms with van der Waals surface area (Å²) in [5, 5.41) is 4.00. The van der Waals surface area contributed by atoms with Crippen molar-refractivity contribution in [3.8, 4) is 11.5 Å². The van der Waals surface area contributed by atoms with Gasteiger partial charge in [0.25, 0.3) is 0 Å². The number of benzene rings is 1. The van der Waals surface area contributed by atoms with E-state index in [-0.39, 0.29) is 11.8 Å². The van der Waals surface area contributed by atoms with Gasteiger partial charge in [-0.15, -0.1) is 0 Å². The summed E-state index contributed by atoms with van der Waals surface area (Å²) in [7, 11) is 3.21. The summed E-state index contributed by atoms with van der Waals surface area (Å²) in [5.41, 5.74) is 1.80. The van der Waals surface area contributed by atoms with E-state index in [1.54, 1.807) is 31.8 Å². The van der Waals surface area contributed by atoms with E-state index in [2.05, 4.69) is 20.2 Å². The summed E-state index contributed by atoms with van der Waals surface area (Å²) < 4.78 is 10.8. The van der Waals surface area contributed by atoms with E-state index in [4.69, 9.17) is 9.47 Å². The number of aromatic nitrogens is 2. The van der Waals surface area contributed by atoms with Crippen LogP contribution in [0.15, 0.2) is 36.5 Å². The van der Waals surface area contributed by atoms with Crippen LogP contribution in [0.25, 0.3) is 10.3 Å². The lowest BCUT2D eigenvalue weighted by Gasteiger charge is -2.31. The van der Waals surface area contributed by atoms with Crippen molar-refractivity contribution in [2.75, 3.05) is 32.2 Å². The van der Waals surface area contributed by atoms with Crippen molar-refractivity contribution in [1.29, 1.82) is 0 Å². The minimum atomic E-state index is -0.0691. The number of nitrogens with zero attached hydrogens (tertiary/aromatic N) is 3. The van der Waals surface area contributed by atoms with Crippen LogP contribution in [0.5, 0.6) is 11.5 Å². The lowest BCUT2D eigenvalue weighted by Crippen LogP contribution is -2.43. The zero-order valence-corrected chi connectivity index (χ0v) is 17.4. The first-order valence-electron chi connectivity index (χ1n) is 9.63. The largest absolute Gasteiger partial charge is 0.493 e. The molecule has 2 aromatic heterocycles. The van der Waals surface area contributed by atoms with E-state index in [9.17, 15) is 4.79 Å². The van der Waals surface area contributed by atoms with Crippen molar-refractivity contribution < 1.29 is 14.3 Å². The molecule has 7 nitrogen and oxygen atoms in total. The Kier molecular flexibility index (Phi) is 5.80. The number of amides is 1. The Hall–Kier alpha value is -2.87. The molecule has 3 heterocycles. The molecule has 1 amide bonds. The number of carbonyl (C=O) groups is 1. The number of anilines is 1. The Morgan fingerprint density at radius 3 is 2.97 bits per heavy atom. The Morgan fingerprint density at radius 1 is 1.28 bits per heavy atom. The lowest BCUT2D eigenvalue weighted by molar-refractivity contribution is -0.125. The molecule has 152 valence electrons. The number of piperidine rings is 1. The van der Waals surface area contributed by atoms with Crippen molar-refractivity contribution in [2.45, 2.75) is 19.4 Å². The van der Waals surface area contributed by atoms with Crippen LogP contribution >= 0.6 is 11.3 Å². The molecule has 1 aromatic carbocycles. The van der Waals surface area contributed by atoms with Crippen LogP contribution in [0.3, 0.4) is 0 Å². The van der Waals surface area contributed by atoms with E-state index in [1.165, 1.54) is 0 Å². The molecule has 1 fully saturated rings. The number of hydrogen-bond donors (Lipinski definition) is 1. The number of methoxy groups -OCH3 is 2. The minimum absolute atomic E-state index is 0.0545. The number of pyridine rings is 1. The van der Waals surface area contributed by atoms with Crippen LogP contribution in [-0.2, 0) is 11.3 Å². The number of ether oxygens (including phenoxy) is 2. The number of thiazole rings is 1. The van der Waals surface area contributed by atoms with Gasteiger partial charge in [0.2, 0.25) is 5.91 Å². The summed E-state index contributed by atoms with van der Waals surface area (Å²) in [6.45, 7) is 1.98. The molecule has 1 aliphatic rings. The van der Waals surface area contributed by atoms with Crippen LogP contribution in [0.4, 0.5) is 5.13 Å². The molecular formula is C21H24N4O3S. The number of hydrogen-bond acceptors (Lipinski definition) is 7. The molecule has 0 spiro atoms. The van der Waals surface area contributed by atoms with Crippen LogP contribution in [0.1, 0.15) is 18.4 Å². The van der Waals surface area contributed by atoms with Crippen molar-refractivity contribution in [1.82, 2.24) is 15.3 Å². The SMILES string of the molecule is COc1cccc(CNC(=O)[C@@H]2CCCN(c3nc4cccnc4s3)C2)c1OC. The van der Waals surface area contributed by atoms with Gasteiger partial charge in [0.05, 0.1) is 20.1 Å². The molecule has 0 unspecified atom stereocenters. The highest BCUT2D eigenvalue weighted by Gasteiger charge is 2.27. The first kappa shape index (κ1) is 19.4. The molecule has 4 rings (SSSR count). The highest BCUT2D eigenvalue weighted by Crippen LogP contribution is 2.32.